The molecular weight excluding hydrogens is 200 g/mol. The van der Waals surface area contributed by atoms with Gasteiger partial charge in [-0.05, 0) is 18.9 Å². The molecule has 3 nitrogen and oxygen atoms in total. The van der Waals surface area contributed by atoms with Gasteiger partial charge < -0.3 is 11.1 Å². The topological polar surface area (TPSA) is 55.1 Å². The quantitative estimate of drug-likeness (QED) is 0.788. The van der Waals surface area contributed by atoms with Gasteiger partial charge in [-0.25, -0.2) is 0 Å². The lowest BCUT2D eigenvalue weighted by Gasteiger charge is -2.14. The molecule has 0 aliphatic carbocycles. The summed E-state index contributed by atoms with van der Waals surface area (Å²) in [5.41, 5.74) is 7.76. The first-order chi connectivity index (χ1) is 7.65. The lowest BCUT2D eigenvalue weighted by atomic mass is 10.1. The van der Waals surface area contributed by atoms with Gasteiger partial charge in [-0.1, -0.05) is 36.8 Å². The summed E-state index contributed by atoms with van der Waals surface area (Å²) < 4.78 is 0. The van der Waals surface area contributed by atoms with Crippen molar-refractivity contribution in [2.24, 2.45) is 5.73 Å². The van der Waals surface area contributed by atoms with Crippen LogP contribution < -0.4 is 11.1 Å². The molecule has 0 fully saturated rings. The highest BCUT2D eigenvalue weighted by molar-refractivity contribution is 5.78. The second kappa shape index (κ2) is 6.28. The summed E-state index contributed by atoms with van der Waals surface area (Å²) in [6, 6.07) is 8.09. The third-order valence-electron chi connectivity index (χ3n) is 2.59. The Hall–Kier alpha value is -1.35. The van der Waals surface area contributed by atoms with Crippen LogP contribution in [0.1, 0.15) is 24.5 Å². The number of nitrogens with two attached hydrogens (primary N) is 1. The van der Waals surface area contributed by atoms with E-state index in [0.29, 0.717) is 13.0 Å². The van der Waals surface area contributed by atoms with E-state index in [1.807, 2.05) is 38.1 Å². The third kappa shape index (κ3) is 4.03. The summed E-state index contributed by atoms with van der Waals surface area (Å²) in [5.74, 6) is 0.0444. The third-order valence-corrected chi connectivity index (χ3v) is 2.59. The molecule has 0 aromatic heterocycles. The lowest BCUT2D eigenvalue weighted by Crippen LogP contribution is -2.40. The van der Waals surface area contributed by atoms with Gasteiger partial charge in [0.05, 0.1) is 6.42 Å². The number of hydrogen-bond acceptors (Lipinski definition) is 2. The predicted molar refractivity (Wildman–Crippen MR) is 66.2 cm³/mol. The van der Waals surface area contributed by atoms with E-state index in [4.69, 9.17) is 5.73 Å². The SMILES string of the molecule is CCC(CN)NC(=O)Cc1cccc(C)c1. The normalized spacial score (nSPS) is 12.2. The second-order valence-corrected chi connectivity index (χ2v) is 4.07. The number of amides is 1. The molecule has 0 aliphatic rings. The molecule has 88 valence electrons. The Morgan fingerprint density at radius 2 is 2.25 bits per heavy atom. The summed E-state index contributed by atoms with van der Waals surface area (Å²) >= 11 is 0. The molecule has 1 atom stereocenters. The van der Waals surface area contributed by atoms with E-state index in [0.717, 1.165) is 12.0 Å². The van der Waals surface area contributed by atoms with Gasteiger partial charge in [0, 0.05) is 12.6 Å². The van der Waals surface area contributed by atoms with E-state index in [2.05, 4.69) is 5.32 Å². The number of aryl methyl sites for hydroxylation is 1. The molecule has 0 heterocycles. The molecule has 1 rings (SSSR count). The van der Waals surface area contributed by atoms with E-state index >= 15 is 0 Å². The molecule has 0 saturated heterocycles. The second-order valence-electron chi connectivity index (χ2n) is 4.07. The Labute approximate surface area is 97.0 Å². The molecule has 1 amide bonds. The highest BCUT2D eigenvalue weighted by atomic mass is 16.1. The molecule has 0 bridgehead atoms. The summed E-state index contributed by atoms with van der Waals surface area (Å²) in [7, 11) is 0. The lowest BCUT2D eigenvalue weighted by molar-refractivity contribution is -0.121. The van der Waals surface area contributed by atoms with Crippen molar-refractivity contribution in [2.45, 2.75) is 32.7 Å². The van der Waals surface area contributed by atoms with E-state index in [1.165, 1.54) is 5.56 Å². The fourth-order valence-electron chi connectivity index (χ4n) is 1.61. The van der Waals surface area contributed by atoms with Crippen LogP contribution in [0.4, 0.5) is 0 Å². The van der Waals surface area contributed by atoms with Crippen molar-refractivity contribution in [1.82, 2.24) is 5.32 Å². The fraction of sp³-hybridized carbons (Fsp3) is 0.462. The van der Waals surface area contributed by atoms with Gasteiger partial charge in [-0.2, -0.15) is 0 Å². The number of rotatable bonds is 5. The Bertz CT molecular complexity index is 346. The first-order valence-electron chi connectivity index (χ1n) is 5.70. The maximum absolute atomic E-state index is 11.7. The van der Waals surface area contributed by atoms with Crippen molar-refractivity contribution in [2.75, 3.05) is 6.54 Å². The number of carbonyl (C=O) groups is 1. The van der Waals surface area contributed by atoms with Gasteiger partial charge >= 0.3 is 0 Å². The molecule has 0 aliphatic heterocycles. The molecule has 1 aromatic rings. The van der Waals surface area contributed by atoms with Crippen LogP contribution in [0.3, 0.4) is 0 Å². The van der Waals surface area contributed by atoms with Crippen LogP contribution in [-0.2, 0) is 11.2 Å². The molecule has 0 saturated carbocycles. The van der Waals surface area contributed by atoms with Crippen molar-refractivity contribution in [3.05, 3.63) is 35.4 Å². The van der Waals surface area contributed by atoms with Gasteiger partial charge in [-0.15, -0.1) is 0 Å². The van der Waals surface area contributed by atoms with Crippen LogP contribution in [0.15, 0.2) is 24.3 Å². The van der Waals surface area contributed by atoms with Crippen molar-refractivity contribution < 1.29 is 4.79 Å². The molecule has 1 unspecified atom stereocenters. The Morgan fingerprint density at radius 3 is 2.81 bits per heavy atom. The Kier molecular flexibility index (Phi) is 4.99. The standard InChI is InChI=1S/C13H20N2O/c1-3-12(9-14)15-13(16)8-11-6-4-5-10(2)7-11/h4-7,12H,3,8-9,14H2,1-2H3,(H,15,16). The Morgan fingerprint density at radius 1 is 1.50 bits per heavy atom. The molecule has 0 radical (unpaired) electrons. The smallest absolute Gasteiger partial charge is 0.224 e. The van der Waals surface area contributed by atoms with E-state index in [1.54, 1.807) is 0 Å². The number of carbonyl (C=O) groups excluding carboxylic acids is 1. The minimum Gasteiger partial charge on any atom is -0.352 e. The summed E-state index contributed by atoms with van der Waals surface area (Å²) in [6.07, 6.45) is 1.30. The largest absolute Gasteiger partial charge is 0.352 e. The van der Waals surface area contributed by atoms with Gasteiger partial charge in [0.2, 0.25) is 5.91 Å². The number of hydrogen-bond donors (Lipinski definition) is 2. The average Bonchev–Trinajstić information content (AvgIpc) is 2.26. The number of nitrogens with one attached hydrogen (secondary N) is 1. The fourth-order valence-corrected chi connectivity index (χ4v) is 1.61. The maximum atomic E-state index is 11.7. The molecule has 3 heteroatoms. The number of benzene rings is 1. The molecule has 16 heavy (non-hydrogen) atoms. The van der Waals surface area contributed by atoms with Crippen LogP contribution in [0.5, 0.6) is 0 Å². The van der Waals surface area contributed by atoms with Crippen LogP contribution in [0.2, 0.25) is 0 Å². The summed E-state index contributed by atoms with van der Waals surface area (Å²) in [4.78, 5) is 11.7. The highest BCUT2D eigenvalue weighted by Crippen LogP contribution is 2.04. The van der Waals surface area contributed by atoms with Crippen LogP contribution >= 0.6 is 0 Å². The molecule has 3 N–H and O–H groups in total. The van der Waals surface area contributed by atoms with Crippen LogP contribution in [0.25, 0.3) is 0 Å². The van der Waals surface area contributed by atoms with Gasteiger partial charge in [0.1, 0.15) is 0 Å². The molecule has 1 aromatic carbocycles. The van der Waals surface area contributed by atoms with Crippen molar-refractivity contribution in [3.8, 4) is 0 Å². The van der Waals surface area contributed by atoms with Gasteiger partial charge in [0.25, 0.3) is 0 Å². The van der Waals surface area contributed by atoms with Crippen molar-refractivity contribution in [3.63, 3.8) is 0 Å². The Balaban J connectivity index is 2.51. The summed E-state index contributed by atoms with van der Waals surface area (Å²) in [5, 5.41) is 2.92. The van der Waals surface area contributed by atoms with Gasteiger partial charge in [-0.3, -0.25) is 4.79 Å². The first kappa shape index (κ1) is 12.7. The summed E-state index contributed by atoms with van der Waals surface area (Å²) in [6.45, 7) is 4.54. The van der Waals surface area contributed by atoms with E-state index in [9.17, 15) is 4.79 Å². The predicted octanol–water partition coefficient (Wildman–Crippen LogP) is 1.39. The van der Waals surface area contributed by atoms with E-state index < -0.39 is 0 Å². The zero-order valence-corrected chi connectivity index (χ0v) is 9.99. The minimum absolute atomic E-state index is 0.0444. The van der Waals surface area contributed by atoms with E-state index in [-0.39, 0.29) is 11.9 Å². The molecule has 0 spiro atoms. The van der Waals surface area contributed by atoms with Gasteiger partial charge in [0.15, 0.2) is 0 Å². The highest BCUT2D eigenvalue weighted by Gasteiger charge is 2.08. The minimum atomic E-state index is 0.0444. The maximum Gasteiger partial charge on any atom is 0.224 e. The van der Waals surface area contributed by atoms with Crippen molar-refractivity contribution >= 4 is 5.91 Å². The molecular formula is C13H20N2O. The van der Waals surface area contributed by atoms with Crippen LogP contribution in [-0.4, -0.2) is 18.5 Å². The first-order valence-corrected chi connectivity index (χ1v) is 5.70. The monoisotopic (exact) mass is 220 g/mol. The van der Waals surface area contributed by atoms with Crippen LogP contribution in [0, 0.1) is 6.92 Å². The average molecular weight is 220 g/mol. The zero-order valence-electron chi connectivity index (χ0n) is 9.99. The zero-order chi connectivity index (χ0) is 12.0. The van der Waals surface area contributed by atoms with Crippen molar-refractivity contribution in [1.29, 1.82) is 0 Å².